The van der Waals surface area contributed by atoms with E-state index in [-0.39, 0.29) is 12.4 Å². The second-order valence-electron chi connectivity index (χ2n) is 17.4. The molecule has 0 N–H and O–H groups in total. The molecular weight excluding hydrogens is 815 g/mol. The van der Waals surface area contributed by atoms with Gasteiger partial charge in [-0.25, -0.2) is 17.6 Å². The van der Waals surface area contributed by atoms with Gasteiger partial charge in [-0.2, -0.15) is 0 Å². The first-order valence-electron chi connectivity index (χ1n) is 21.6. The Balaban J connectivity index is 1.02. The molecule has 12 rings (SSSR count). The summed E-state index contributed by atoms with van der Waals surface area (Å²) < 4.78 is 69.6. The Labute approximate surface area is 374 Å². The van der Waals surface area contributed by atoms with Crippen LogP contribution in [0.1, 0.15) is 25.0 Å². The summed E-state index contributed by atoms with van der Waals surface area (Å²) in [6.07, 6.45) is 0. The number of hydrogen-bond donors (Lipinski definition) is 0. The van der Waals surface area contributed by atoms with Crippen molar-refractivity contribution in [3.63, 3.8) is 0 Å². The molecule has 0 saturated heterocycles. The number of hydrogen-bond acceptors (Lipinski definition) is 3. The molecule has 65 heavy (non-hydrogen) atoms. The zero-order valence-corrected chi connectivity index (χ0v) is 35.3. The van der Waals surface area contributed by atoms with Gasteiger partial charge in [0.05, 0.1) is 0 Å². The van der Waals surface area contributed by atoms with Crippen LogP contribution in [0.25, 0.3) is 33.4 Å². The quantitative estimate of drug-likeness (QED) is 0.122. The van der Waals surface area contributed by atoms with E-state index in [1.807, 2.05) is 30.3 Å². The van der Waals surface area contributed by atoms with Crippen molar-refractivity contribution in [2.45, 2.75) is 19.3 Å². The van der Waals surface area contributed by atoms with Gasteiger partial charge >= 0.3 is 0 Å². The number of anilines is 6. The third-order valence-corrected chi connectivity index (χ3v) is 13.4. The van der Waals surface area contributed by atoms with E-state index < -0.39 is 40.1 Å². The van der Waals surface area contributed by atoms with Crippen molar-refractivity contribution in [3.05, 3.63) is 222 Å². The molecule has 0 atom stereocenters. The highest BCUT2D eigenvalue weighted by molar-refractivity contribution is 6.99. The Morgan fingerprint density at radius 2 is 1.03 bits per heavy atom. The largest absolute Gasteiger partial charge is 0.458 e. The molecule has 9 aromatic carbocycles. The van der Waals surface area contributed by atoms with E-state index in [4.69, 9.17) is 4.74 Å². The number of halogens is 4. The van der Waals surface area contributed by atoms with Gasteiger partial charge in [-0.05, 0) is 134 Å². The van der Waals surface area contributed by atoms with Crippen LogP contribution in [-0.4, -0.2) is 6.71 Å². The first kappa shape index (κ1) is 38.8. The minimum atomic E-state index is -0.953. The Morgan fingerprint density at radius 1 is 0.462 bits per heavy atom. The van der Waals surface area contributed by atoms with Crippen molar-refractivity contribution in [2.24, 2.45) is 0 Å². The third-order valence-electron chi connectivity index (χ3n) is 13.4. The fourth-order valence-electron chi connectivity index (χ4n) is 10.3. The van der Waals surface area contributed by atoms with Crippen LogP contribution in [0.3, 0.4) is 0 Å². The molecule has 3 nitrogen and oxygen atoms in total. The first-order chi connectivity index (χ1) is 31.7. The van der Waals surface area contributed by atoms with Crippen LogP contribution in [-0.2, 0) is 5.41 Å². The lowest BCUT2D eigenvalue weighted by molar-refractivity contribution is 0.487. The fraction of sp³-hybridized carbons (Fsp3) is 0.0526. The minimum absolute atomic E-state index is 0.201. The Kier molecular flexibility index (Phi) is 8.72. The molecule has 312 valence electrons. The molecule has 8 heteroatoms. The van der Waals surface area contributed by atoms with Gasteiger partial charge in [0.15, 0.2) is 0 Å². The zero-order chi connectivity index (χ0) is 44.1. The molecule has 0 amide bonds. The maximum atomic E-state index is 15.6. The molecule has 1 aliphatic carbocycles. The average molecular weight is 853 g/mol. The van der Waals surface area contributed by atoms with Gasteiger partial charge in [-0.1, -0.05) is 129 Å². The summed E-state index contributed by atoms with van der Waals surface area (Å²) in [6.45, 7) is 4.02. The number of rotatable bonds is 6. The molecule has 3 aliphatic rings. The molecule has 0 aromatic heterocycles. The van der Waals surface area contributed by atoms with Crippen LogP contribution < -0.4 is 30.9 Å². The summed E-state index contributed by atoms with van der Waals surface area (Å²) in [6, 6.07) is 58.9. The number of fused-ring (bicyclic) bond motifs is 7. The normalized spacial score (nSPS) is 13.6. The highest BCUT2D eigenvalue weighted by Crippen LogP contribution is 2.53. The molecule has 2 heterocycles. The van der Waals surface area contributed by atoms with E-state index in [1.165, 1.54) is 12.1 Å². The summed E-state index contributed by atoms with van der Waals surface area (Å²) in [7, 11) is 0. The van der Waals surface area contributed by atoms with E-state index in [0.717, 1.165) is 119 Å². The molecule has 0 unspecified atom stereocenters. The molecule has 9 aromatic rings. The summed E-state index contributed by atoms with van der Waals surface area (Å²) in [5, 5.41) is 0. The Morgan fingerprint density at radius 3 is 1.68 bits per heavy atom. The summed E-state index contributed by atoms with van der Waals surface area (Å²) in [5.41, 5.74) is 12.9. The van der Waals surface area contributed by atoms with Crippen molar-refractivity contribution in [2.75, 3.05) is 9.80 Å². The Bertz CT molecular complexity index is 3300. The maximum absolute atomic E-state index is 15.6. The lowest BCUT2D eigenvalue weighted by atomic mass is 9.34. The van der Waals surface area contributed by atoms with Gasteiger partial charge in [0.2, 0.25) is 0 Å². The van der Waals surface area contributed by atoms with Crippen molar-refractivity contribution >= 4 is 57.2 Å². The van der Waals surface area contributed by atoms with E-state index in [2.05, 4.69) is 128 Å². The zero-order valence-electron chi connectivity index (χ0n) is 35.3. The standard InChI is InChI=1S/C57H37BF4N2O/c1-57(2)42-31-39(64(55-46(59)16-9-17-47(55)60)56-48(61)18-10-19-49(56)62)27-28-40(42)41-32-53-45(33-43(41)57)58-44-30-37(35-14-7-4-8-15-35)24-29-50(44)63(51-20-11-21-52(65-53)54(51)58)38-25-22-36(23-26-38)34-12-5-3-6-13-34/h3-33H,1-2H3. The van der Waals surface area contributed by atoms with E-state index in [0.29, 0.717) is 0 Å². The number of benzene rings is 9. The number of para-hydroxylation sites is 2. The molecule has 0 radical (unpaired) electrons. The monoisotopic (exact) mass is 852 g/mol. The van der Waals surface area contributed by atoms with Crippen molar-refractivity contribution in [3.8, 4) is 44.9 Å². The van der Waals surface area contributed by atoms with E-state index in [1.54, 1.807) is 12.1 Å². The van der Waals surface area contributed by atoms with E-state index in [9.17, 15) is 0 Å². The van der Waals surface area contributed by atoms with Crippen molar-refractivity contribution in [1.29, 1.82) is 0 Å². The highest BCUT2D eigenvalue weighted by Gasteiger charge is 2.45. The minimum Gasteiger partial charge on any atom is -0.458 e. The van der Waals surface area contributed by atoms with Crippen LogP contribution >= 0.6 is 0 Å². The van der Waals surface area contributed by atoms with Gasteiger partial charge in [0.1, 0.15) is 46.1 Å². The lowest BCUT2D eigenvalue weighted by Gasteiger charge is -2.40. The molecular formula is C57H37BF4N2O. The smallest absolute Gasteiger partial charge is 0.256 e. The summed E-state index contributed by atoms with van der Waals surface area (Å²) in [4.78, 5) is 3.34. The highest BCUT2D eigenvalue weighted by atomic mass is 19.1. The van der Waals surface area contributed by atoms with Crippen LogP contribution in [0.4, 0.5) is 51.7 Å². The molecule has 0 bridgehead atoms. The van der Waals surface area contributed by atoms with Crippen LogP contribution in [0.2, 0.25) is 0 Å². The molecule has 0 fully saturated rings. The average Bonchev–Trinajstić information content (AvgIpc) is 3.54. The SMILES string of the molecule is CC1(C)c2cc(N(c3c(F)cccc3F)c3c(F)cccc3F)ccc2-c2cc3c(cc21)B1c2cc(-c4ccccc4)ccc2N(c2ccc(-c4ccccc4)cc2)c2cccc(c21)O3. The maximum Gasteiger partial charge on any atom is 0.256 e. The second-order valence-corrected chi connectivity index (χ2v) is 17.4. The van der Waals surface area contributed by atoms with Crippen LogP contribution in [0, 0.1) is 23.3 Å². The van der Waals surface area contributed by atoms with Gasteiger partial charge in [-0.3, -0.25) is 4.90 Å². The number of nitrogens with zero attached hydrogens (tertiary/aromatic N) is 2. The van der Waals surface area contributed by atoms with Gasteiger partial charge < -0.3 is 9.64 Å². The molecule has 2 aliphatic heterocycles. The predicted octanol–water partition coefficient (Wildman–Crippen LogP) is 13.8. The van der Waals surface area contributed by atoms with Gasteiger partial charge in [0.25, 0.3) is 6.71 Å². The van der Waals surface area contributed by atoms with Gasteiger partial charge in [-0.15, -0.1) is 0 Å². The van der Waals surface area contributed by atoms with Crippen LogP contribution in [0.5, 0.6) is 11.5 Å². The summed E-state index contributed by atoms with van der Waals surface area (Å²) in [5.74, 6) is -2.32. The first-order valence-corrected chi connectivity index (χ1v) is 21.6. The van der Waals surface area contributed by atoms with Crippen molar-refractivity contribution in [1.82, 2.24) is 0 Å². The van der Waals surface area contributed by atoms with Gasteiger partial charge in [0, 0.05) is 28.2 Å². The second kappa shape index (κ2) is 14.6. The van der Waals surface area contributed by atoms with E-state index >= 15 is 17.6 Å². The predicted molar refractivity (Wildman–Crippen MR) is 255 cm³/mol. The van der Waals surface area contributed by atoms with Crippen LogP contribution in [0.15, 0.2) is 188 Å². The number of ether oxygens (including phenoxy) is 1. The third kappa shape index (κ3) is 5.97. The fourth-order valence-corrected chi connectivity index (χ4v) is 10.3. The topological polar surface area (TPSA) is 15.7 Å². The molecule has 0 spiro atoms. The lowest BCUT2D eigenvalue weighted by Crippen LogP contribution is -2.59. The summed E-state index contributed by atoms with van der Waals surface area (Å²) >= 11 is 0. The van der Waals surface area contributed by atoms with Crippen molar-refractivity contribution < 1.29 is 22.3 Å². The Hall–Kier alpha value is -7.84. The molecule has 0 saturated carbocycles.